The fourth-order valence-corrected chi connectivity index (χ4v) is 1.93. The largest absolute Gasteiger partial charge is 0.381 e. The second-order valence-corrected chi connectivity index (χ2v) is 5.14. The first-order chi connectivity index (χ1) is 9.99. The maximum atomic E-state index is 13.7. The van der Waals surface area contributed by atoms with E-state index >= 15 is 0 Å². The topological polar surface area (TPSA) is 68.0 Å². The number of anilines is 1. The van der Waals surface area contributed by atoms with Crippen molar-refractivity contribution in [3.8, 4) is 0 Å². The van der Waals surface area contributed by atoms with Gasteiger partial charge in [0.1, 0.15) is 0 Å². The number of benzene rings is 1. The Balaban J connectivity index is 2.02. The minimum atomic E-state index is -0.787. The number of rotatable bonds is 4. The molecule has 4 nitrogen and oxygen atoms in total. The minimum absolute atomic E-state index is 0.0960. The van der Waals surface area contributed by atoms with Gasteiger partial charge in [0.15, 0.2) is 11.6 Å². The van der Waals surface area contributed by atoms with Crippen molar-refractivity contribution in [2.75, 3.05) is 5.73 Å². The van der Waals surface area contributed by atoms with E-state index in [1.807, 2.05) is 24.3 Å². The van der Waals surface area contributed by atoms with Gasteiger partial charge in [-0.15, -0.1) is 0 Å². The Labute approximate surface area is 123 Å². The summed E-state index contributed by atoms with van der Waals surface area (Å²) in [4.78, 5) is 15.5. The van der Waals surface area contributed by atoms with Gasteiger partial charge in [-0.2, -0.15) is 0 Å². The Morgan fingerprint density at radius 1 is 1.29 bits per heavy atom. The Kier molecular flexibility index (Phi) is 4.52. The molecule has 1 aromatic heterocycles. The Morgan fingerprint density at radius 3 is 2.57 bits per heavy atom. The lowest BCUT2D eigenvalue weighted by Gasteiger charge is -2.09. The molecule has 5 heteroatoms. The van der Waals surface area contributed by atoms with Gasteiger partial charge in [-0.25, -0.2) is 9.37 Å². The lowest BCUT2D eigenvalue weighted by Crippen LogP contribution is -2.24. The average Bonchev–Trinajstić information content (AvgIpc) is 2.48. The molecule has 0 radical (unpaired) electrons. The quantitative estimate of drug-likeness (QED) is 0.908. The minimum Gasteiger partial charge on any atom is -0.381 e. The van der Waals surface area contributed by atoms with E-state index in [0.29, 0.717) is 12.5 Å². The number of nitrogens with two attached hydrogens (primary N) is 1. The first-order valence-electron chi connectivity index (χ1n) is 6.76. The van der Waals surface area contributed by atoms with E-state index in [1.54, 1.807) is 0 Å². The van der Waals surface area contributed by atoms with Crippen LogP contribution in [0, 0.1) is 5.82 Å². The standard InChI is InChI=1S/C16H18FN3O/c1-10(2)12-5-3-11(4-6-12)9-20-16(21)13-7-8-19-15(18)14(13)17/h3-8,10H,9H2,1-2H3,(H2,18,19)(H,20,21). The third-order valence-corrected chi connectivity index (χ3v) is 3.26. The molecule has 0 fully saturated rings. The highest BCUT2D eigenvalue weighted by molar-refractivity contribution is 5.95. The molecule has 0 saturated carbocycles. The second kappa shape index (κ2) is 6.35. The fraction of sp³-hybridized carbons (Fsp3) is 0.250. The van der Waals surface area contributed by atoms with E-state index < -0.39 is 11.7 Å². The Hall–Kier alpha value is -2.43. The number of pyridine rings is 1. The first-order valence-corrected chi connectivity index (χ1v) is 6.76. The molecule has 0 unspecified atom stereocenters. The van der Waals surface area contributed by atoms with Gasteiger partial charge in [0, 0.05) is 12.7 Å². The number of nitrogens with one attached hydrogen (secondary N) is 1. The number of carbonyl (C=O) groups excluding carboxylic acids is 1. The number of hydrogen-bond donors (Lipinski definition) is 2. The molecule has 0 aliphatic heterocycles. The smallest absolute Gasteiger partial charge is 0.254 e. The highest BCUT2D eigenvalue weighted by Crippen LogP contribution is 2.15. The Morgan fingerprint density at radius 2 is 1.95 bits per heavy atom. The van der Waals surface area contributed by atoms with Gasteiger partial charge >= 0.3 is 0 Å². The summed E-state index contributed by atoms with van der Waals surface area (Å²) in [5.74, 6) is -1.11. The molecule has 2 aromatic rings. The predicted molar refractivity (Wildman–Crippen MR) is 80.3 cm³/mol. The van der Waals surface area contributed by atoms with Crippen molar-refractivity contribution >= 4 is 11.7 Å². The van der Waals surface area contributed by atoms with Gasteiger partial charge in [0.2, 0.25) is 0 Å². The highest BCUT2D eigenvalue weighted by Gasteiger charge is 2.14. The molecule has 2 rings (SSSR count). The van der Waals surface area contributed by atoms with Crippen molar-refractivity contribution < 1.29 is 9.18 Å². The number of amides is 1. The van der Waals surface area contributed by atoms with Crippen LogP contribution in [0.1, 0.15) is 41.3 Å². The average molecular weight is 287 g/mol. The fourth-order valence-electron chi connectivity index (χ4n) is 1.93. The molecule has 1 aromatic carbocycles. The molecule has 3 N–H and O–H groups in total. The van der Waals surface area contributed by atoms with Crippen molar-refractivity contribution in [3.63, 3.8) is 0 Å². The molecule has 0 saturated heterocycles. The van der Waals surface area contributed by atoms with Gasteiger partial charge < -0.3 is 11.1 Å². The molecule has 1 heterocycles. The lowest BCUT2D eigenvalue weighted by atomic mass is 10.0. The maximum absolute atomic E-state index is 13.7. The molecule has 1 amide bonds. The third kappa shape index (κ3) is 3.56. The number of hydrogen-bond acceptors (Lipinski definition) is 3. The summed E-state index contributed by atoms with van der Waals surface area (Å²) in [6, 6.07) is 9.26. The van der Waals surface area contributed by atoms with Crippen LogP contribution in [-0.4, -0.2) is 10.9 Å². The van der Waals surface area contributed by atoms with Gasteiger partial charge in [-0.3, -0.25) is 4.79 Å². The van der Waals surface area contributed by atoms with Gasteiger partial charge in [-0.1, -0.05) is 38.1 Å². The van der Waals surface area contributed by atoms with Crippen LogP contribution in [0.4, 0.5) is 10.2 Å². The second-order valence-electron chi connectivity index (χ2n) is 5.14. The summed E-state index contributed by atoms with van der Waals surface area (Å²) < 4.78 is 13.7. The molecule has 0 bridgehead atoms. The zero-order valence-electron chi connectivity index (χ0n) is 12.1. The van der Waals surface area contributed by atoms with Crippen molar-refractivity contribution in [2.45, 2.75) is 26.3 Å². The van der Waals surface area contributed by atoms with Crippen molar-refractivity contribution in [1.82, 2.24) is 10.3 Å². The lowest BCUT2D eigenvalue weighted by molar-refractivity contribution is 0.0947. The van der Waals surface area contributed by atoms with E-state index in [1.165, 1.54) is 17.8 Å². The van der Waals surface area contributed by atoms with E-state index in [-0.39, 0.29) is 11.4 Å². The number of nitrogen functional groups attached to an aromatic ring is 1. The molecule has 21 heavy (non-hydrogen) atoms. The summed E-state index contributed by atoms with van der Waals surface area (Å²) >= 11 is 0. The van der Waals surface area contributed by atoms with Crippen LogP contribution in [0.25, 0.3) is 0 Å². The molecule has 0 spiro atoms. The number of nitrogens with zero attached hydrogens (tertiary/aromatic N) is 1. The van der Waals surface area contributed by atoms with Crippen LogP contribution < -0.4 is 11.1 Å². The van der Waals surface area contributed by atoms with E-state index in [0.717, 1.165) is 5.56 Å². The molecular formula is C16H18FN3O. The summed E-state index contributed by atoms with van der Waals surface area (Å²) in [7, 11) is 0. The number of aromatic nitrogens is 1. The zero-order valence-corrected chi connectivity index (χ0v) is 12.1. The summed E-state index contributed by atoms with van der Waals surface area (Å²) in [6.07, 6.45) is 1.31. The van der Waals surface area contributed by atoms with Crippen molar-refractivity contribution in [3.05, 3.63) is 59.0 Å². The molecule has 0 atom stereocenters. The highest BCUT2D eigenvalue weighted by atomic mass is 19.1. The van der Waals surface area contributed by atoms with Crippen LogP contribution in [0.5, 0.6) is 0 Å². The zero-order chi connectivity index (χ0) is 15.4. The summed E-state index contributed by atoms with van der Waals surface area (Å²) in [6.45, 7) is 4.57. The van der Waals surface area contributed by atoms with Crippen LogP contribution in [0.3, 0.4) is 0 Å². The molecular weight excluding hydrogens is 269 g/mol. The number of carbonyl (C=O) groups is 1. The van der Waals surface area contributed by atoms with Crippen molar-refractivity contribution in [2.24, 2.45) is 0 Å². The first kappa shape index (κ1) is 15.0. The normalized spacial score (nSPS) is 10.7. The van der Waals surface area contributed by atoms with E-state index in [9.17, 15) is 9.18 Å². The molecule has 110 valence electrons. The van der Waals surface area contributed by atoms with E-state index in [4.69, 9.17) is 5.73 Å². The van der Waals surface area contributed by atoms with E-state index in [2.05, 4.69) is 24.1 Å². The van der Waals surface area contributed by atoms with Crippen LogP contribution in [0.2, 0.25) is 0 Å². The summed E-state index contributed by atoms with van der Waals surface area (Å²) in [5.41, 5.74) is 7.44. The van der Waals surface area contributed by atoms with Crippen LogP contribution in [0.15, 0.2) is 36.5 Å². The van der Waals surface area contributed by atoms with Crippen LogP contribution in [-0.2, 0) is 6.54 Å². The van der Waals surface area contributed by atoms with Gasteiger partial charge in [0.05, 0.1) is 5.56 Å². The maximum Gasteiger partial charge on any atom is 0.254 e. The predicted octanol–water partition coefficient (Wildman–Crippen LogP) is 2.86. The van der Waals surface area contributed by atoms with Gasteiger partial charge in [0.25, 0.3) is 5.91 Å². The molecule has 0 aliphatic carbocycles. The van der Waals surface area contributed by atoms with Crippen LogP contribution >= 0.6 is 0 Å². The Bertz CT molecular complexity index is 638. The van der Waals surface area contributed by atoms with Crippen molar-refractivity contribution in [1.29, 1.82) is 0 Å². The third-order valence-electron chi connectivity index (χ3n) is 3.26. The summed E-state index contributed by atoms with van der Waals surface area (Å²) in [5, 5.41) is 2.67. The monoisotopic (exact) mass is 287 g/mol. The number of halogens is 1. The SMILES string of the molecule is CC(C)c1ccc(CNC(=O)c2ccnc(N)c2F)cc1. The van der Waals surface area contributed by atoms with Gasteiger partial charge in [-0.05, 0) is 23.1 Å². The molecule has 0 aliphatic rings.